The fourth-order valence-electron chi connectivity index (χ4n) is 6.56. The van der Waals surface area contributed by atoms with Crippen molar-refractivity contribution in [2.45, 2.75) is 109 Å². The van der Waals surface area contributed by atoms with Crippen LogP contribution in [0.1, 0.15) is 66.2 Å². The molecule has 1 saturated carbocycles. The van der Waals surface area contributed by atoms with Gasteiger partial charge in [0.1, 0.15) is 18.0 Å². The van der Waals surface area contributed by atoms with E-state index in [1.54, 1.807) is 30.3 Å². The summed E-state index contributed by atoms with van der Waals surface area (Å²) < 4.78 is 66.5. The zero-order valence-corrected chi connectivity index (χ0v) is 34.0. The predicted molar refractivity (Wildman–Crippen MR) is 196 cm³/mol. The van der Waals surface area contributed by atoms with Gasteiger partial charge in [-0.1, -0.05) is 30.3 Å². The first-order chi connectivity index (χ1) is 27.7. The lowest BCUT2D eigenvalue weighted by atomic mass is 9.78. The van der Waals surface area contributed by atoms with Crippen molar-refractivity contribution in [3.8, 4) is 0 Å². The molecule has 4 rings (SSSR count). The van der Waals surface area contributed by atoms with E-state index < -0.39 is 130 Å². The number of hydrogen-bond donors (Lipinski definition) is 2. The number of phosphoric ester groups is 1. The van der Waals surface area contributed by atoms with Crippen LogP contribution in [0.4, 0.5) is 5.82 Å². The highest BCUT2D eigenvalue weighted by molar-refractivity contribution is 7.48. The van der Waals surface area contributed by atoms with Crippen LogP contribution in [0.15, 0.2) is 47.4 Å². The fourth-order valence-corrected chi connectivity index (χ4v) is 8.02. The topological polar surface area (TPSA) is 279 Å². The lowest BCUT2D eigenvalue weighted by molar-refractivity contribution is -0.194. The maximum atomic E-state index is 15.0. The van der Waals surface area contributed by atoms with E-state index in [-0.39, 0.29) is 5.82 Å². The normalized spacial score (nSPS) is 26.0. The molecule has 1 aromatic carbocycles. The Morgan fingerprint density at radius 1 is 0.814 bits per heavy atom. The van der Waals surface area contributed by atoms with Crippen LogP contribution in [0.2, 0.25) is 0 Å². The fraction of sp³-hybridized carbons (Fsp3) is 0.528. The number of nitrogens with zero attached hydrogens (tertiary/aromatic N) is 2. The van der Waals surface area contributed by atoms with Gasteiger partial charge in [0.2, 0.25) is 11.8 Å². The van der Waals surface area contributed by atoms with Gasteiger partial charge >= 0.3 is 43.4 Å². The monoisotopic (exact) mass is 852 g/mol. The molecule has 1 aromatic heterocycles. The van der Waals surface area contributed by atoms with Crippen LogP contribution in [0.25, 0.3) is 0 Å². The summed E-state index contributed by atoms with van der Waals surface area (Å²) >= 11 is 0. The minimum Gasteiger partial charge on any atom is -0.467 e. The van der Waals surface area contributed by atoms with Crippen LogP contribution in [0.5, 0.6) is 0 Å². The number of phosphoric acid groups is 1. The third-order valence-electron chi connectivity index (χ3n) is 8.62. The highest BCUT2D eigenvalue weighted by Crippen LogP contribution is 2.57. The van der Waals surface area contributed by atoms with Gasteiger partial charge < -0.3 is 39.1 Å². The van der Waals surface area contributed by atoms with E-state index in [0.29, 0.717) is 5.56 Å². The second-order valence-electron chi connectivity index (χ2n) is 13.4. The molecule has 59 heavy (non-hydrogen) atoms. The Morgan fingerprint density at radius 3 is 1.98 bits per heavy atom. The molecule has 2 amide bonds. The first-order valence-corrected chi connectivity index (χ1v) is 19.4. The molecule has 322 valence electrons. The first-order valence-electron chi connectivity index (χ1n) is 17.9. The summed E-state index contributed by atoms with van der Waals surface area (Å²) in [4.78, 5) is 104. The number of amides is 2. The summed E-state index contributed by atoms with van der Waals surface area (Å²) in [7, 11) is -4.16. The molecule has 2 fully saturated rings. The molecular formula is C36H45N4O18P. The number of anilines is 1. The Hall–Kier alpha value is -5.54. The molecule has 1 saturated heterocycles. The van der Waals surface area contributed by atoms with E-state index in [1.807, 2.05) is 0 Å². The molecule has 2 heterocycles. The highest BCUT2D eigenvalue weighted by atomic mass is 31.2. The third-order valence-corrected chi connectivity index (χ3v) is 10.1. The van der Waals surface area contributed by atoms with Gasteiger partial charge in [-0.25, -0.2) is 14.2 Å². The molecule has 4 unspecified atom stereocenters. The lowest BCUT2D eigenvalue weighted by Gasteiger charge is -2.45. The quantitative estimate of drug-likeness (QED) is 0.137. The number of esters is 5. The standard InChI is InChI=1S/C36H45N4O18P/c1-19(41)37-26-15-36(34(47)50-7,16-27(53-21(3)43)30(26)54-22(4)44)58-59(49,51-17-25-11-9-8-10-12-25)52-18-28-31(55-23(5)45)32(56-24(6)46)33(57-28)40-14-13-29(38-20(2)42)39-35(40)48/h8-14,26-28,30-33H,15-18H2,1-7H3,(H,37,41)(H,38,39,42,48)/t26-,27?,28-,30-,31?,32?,33-,36+,59?/m1/s1. The van der Waals surface area contributed by atoms with Crippen LogP contribution in [0.3, 0.4) is 0 Å². The summed E-state index contributed by atoms with van der Waals surface area (Å²) in [5.41, 5.74) is -2.94. The van der Waals surface area contributed by atoms with E-state index in [4.69, 9.17) is 42.0 Å². The van der Waals surface area contributed by atoms with Crippen LogP contribution in [-0.2, 0) is 86.7 Å². The Balaban J connectivity index is 1.78. The van der Waals surface area contributed by atoms with Crippen LogP contribution in [0, 0.1) is 0 Å². The maximum absolute atomic E-state index is 15.0. The molecule has 0 spiro atoms. The molecule has 2 aromatic rings. The van der Waals surface area contributed by atoms with Crippen molar-refractivity contribution in [1.29, 1.82) is 0 Å². The number of carbonyl (C=O) groups is 7. The number of nitrogens with one attached hydrogen (secondary N) is 2. The summed E-state index contributed by atoms with van der Waals surface area (Å²) in [6, 6.07) is 8.19. The minimum absolute atomic E-state index is 0.107. The van der Waals surface area contributed by atoms with Crippen LogP contribution >= 0.6 is 7.82 Å². The van der Waals surface area contributed by atoms with Crippen LogP contribution < -0.4 is 16.3 Å². The number of aromatic nitrogens is 2. The van der Waals surface area contributed by atoms with E-state index in [9.17, 15) is 42.9 Å². The molecule has 1 aliphatic carbocycles. The van der Waals surface area contributed by atoms with Gasteiger partial charge in [-0.15, -0.1) is 0 Å². The summed E-state index contributed by atoms with van der Waals surface area (Å²) in [6.07, 6.45) is -9.07. The SMILES string of the molecule is COC(=O)[C@@]1(OP(=O)(OCc2ccccc2)OC[C@H]2O[C@@H](n3ccc(NC(C)=O)nc3=O)C(OC(C)=O)C2OC(C)=O)CC(OC(C)=O)[C@H](OC(C)=O)[C@H](NC(C)=O)C1. The van der Waals surface area contributed by atoms with Crippen molar-refractivity contribution in [2.24, 2.45) is 0 Å². The molecule has 22 nitrogen and oxygen atoms in total. The Bertz CT molecular complexity index is 1980. The van der Waals surface area contributed by atoms with E-state index >= 15 is 0 Å². The minimum atomic E-state index is -5.15. The number of carbonyl (C=O) groups excluding carboxylic acids is 7. The summed E-state index contributed by atoms with van der Waals surface area (Å²) in [6.45, 7) is 5.23. The van der Waals surface area contributed by atoms with Crippen molar-refractivity contribution in [1.82, 2.24) is 14.9 Å². The largest absolute Gasteiger partial charge is 0.476 e. The van der Waals surface area contributed by atoms with Gasteiger partial charge in [0.15, 0.2) is 30.1 Å². The molecule has 23 heteroatoms. The van der Waals surface area contributed by atoms with E-state index in [0.717, 1.165) is 46.3 Å². The Morgan fingerprint density at radius 2 is 1.42 bits per heavy atom. The number of benzene rings is 1. The molecule has 0 bridgehead atoms. The average molecular weight is 853 g/mol. The van der Waals surface area contributed by atoms with Gasteiger partial charge in [0.05, 0.1) is 26.4 Å². The first kappa shape index (κ1) is 46.2. The third kappa shape index (κ3) is 12.5. The van der Waals surface area contributed by atoms with E-state index in [2.05, 4.69) is 15.6 Å². The van der Waals surface area contributed by atoms with Gasteiger partial charge in [-0.3, -0.25) is 46.9 Å². The molecular weight excluding hydrogens is 807 g/mol. The second-order valence-corrected chi connectivity index (χ2v) is 15.0. The van der Waals surface area contributed by atoms with Crippen molar-refractivity contribution in [3.05, 3.63) is 58.6 Å². The lowest BCUT2D eigenvalue weighted by Crippen LogP contribution is -2.63. The van der Waals surface area contributed by atoms with E-state index in [1.165, 1.54) is 19.2 Å². The highest BCUT2D eigenvalue weighted by Gasteiger charge is 2.59. The van der Waals surface area contributed by atoms with Crippen molar-refractivity contribution < 1.29 is 80.1 Å². The number of ether oxygens (including phenoxy) is 6. The number of methoxy groups -OCH3 is 1. The number of hydrogen-bond acceptors (Lipinski definition) is 19. The summed E-state index contributed by atoms with van der Waals surface area (Å²) in [5.74, 6) is -5.92. The molecule has 2 N–H and O–H groups in total. The van der Waals surface area contributed by atoms with Crippen LogP contribution in [-0.4, -0.2) is 107 Å². The molecule has 0 radical (unpaired) electrons. The van der Waals surface area contributed by atoms with Crippen molar-refractivity contribution in [3.63, 3.8) is 0 Å². The zero-order chi connectivity index (χ0) is 43.7. The molecule has 9 atom stereocenters. The zero-order valence-electron chi connectivity index (χ0n) is 33.1. The average Bonchev–Trinajstić information content (AvgIpc) is 3.45. The van der Waals surface area contributed by atoms with Crippen molar-refractivity contribution >= 4 is 55.3 Å². The maximum Gasteiger partial charge on any atom is 0.476 e. The Labute approximate surface area is 337 Å². The van der Waals surface area contributed by atoms with Gasteiger partial charge in [0.25, 0.3) is 0 Å². The van der Waals surface area contributed by atoms with Crippen molar-refractivity contribution in [2.75, 3.05) is 19.0 Å². The summed E-state index contributed by atoms with van der Waals surface area (Å²) in [5, 5.41) is 4.90. The van der Waals surface area contributed by atoms with Gasteiger partial charge in [-0.05, 0) is 11.6 Å². The Kier molecular flexibility index (Phi) is 15.6. The molecule has 2 aliphatic rings. The number of rotatable bonds is 16. The smallest absolute Gasteiger partial charge is 0.467 e. The second kappa shape index (κ2) is 19.9. The van der Waals surface area contributed by atoms with Gasteiger partial charge in [-0.2, -0.15) is 4.98 Å². The molecule has 1 aliphatic heterocycles. The predicted octanol–water partition coefficient (Wildman–Crippen LogP) is 1.39. The van der Waals surface area contributed by atoms with Gasteiger partial charge in [0, 0.05) is 60.6 Å².